The van der Waals surface area contributed by atoms with Crippen molar-refractivity contribution in [3.05, 3.63) is 71.0 Å². The average molecular weight is 401 g/mol. The molecule has 0 aliphatic heterocycles. The van der Waals surface area contributed by atoms with Crippen molar-refractivity contribution in [2.45, 2.75) is 27.0 Å². The maximum Gasteiger partial charge on any atom is 0.387 e. The van der Waals surface area contributed by atoms with Crippen LogP contribution < -0.4 is 14.8 Å². The minimum Gasteiger partial charge on any atom is -0.497 e. The van der Waals surface area contributed by atoms with Crippen molar-refractivity contribution in [3.63, 3.8) is 0 Å². The van der Waals surface area contributed by atoms with E-state index in [1.54, 1.807) is 18.7 Å². The van der Waals surface area contributed by atoms with Crippen molar-refractivity contribution in [1.82, 2.24) is 9.78 Å². The third-order valence-electron chi connectivity index (χ3n) is 4.41. The van der Waals surface area contributed by atoms with Crippen LogP contribution in [0.3, 0.4) is 0 Å². The van der Waals surface area contributed by atoms with E-state index in [4.69, 9.17) is 4.74 Å². The number of aromatic nitrogens is 2. The molecule has 1 amide bonds. The number of alkyl halides is 2. The predicted molar refractivity (Wildman–Crippen MR) is 105 cm³/mol. The summed E-state index contributed by atoms with van der Waals surface area (Å²) in [6.45, 7) is 1.21. The summed E-state index contributed by atoms with van der Waals surface area (Å²) in [5, 5.41) is 7.32. The lowest BCUT2D eigenvalue weighted by Gasteiger charge is -2.09. The second-order valence-electron chi connectivity index (χ2n) is 6.42. The van der Waals surface area contributed by atoms with E-state index in [-0.39, 0.29) is 11.3 Å². The van der Waals surface area contributed by atoms with Crippen LogP contribution in [-0.2, 0) is 6.54 Å². The van der Waals surface area contributed by atoms with Crippen LogP contribution in [0.2, 0.25) is 0 Å². The highest BCUT2D eigenvalue weighted by molar-refractivity contribution is 6.05. The molecule has 1 aromatic heterocycles. The van der Waals surface area contributed by atoms with Crippen LogP contribution >= 0.6 is 0 Å². The van der Waals surface area contributed by atoms with E-state index in [1.165, 1.54) is 24.3 Å². The number of anilines is 1. The zero-order valence-corrected chi connectivity index (χ0v) is 16.3. The fourth-order valence-corrected chi connectivity index (χ4v) is 2.97. The van der Waals surface area contributed by atoms with Crippen molar-refractivity contribution >= 4 is 11.6 Å². The standard InChI is InChI=1S/C21H21F2N3O3/c1-13-19(24-20(27)16-7-5-9-18(11-16)29-21(22)23)14(2)26(25-13)12-15-6-4-8-17(10-15)28-3/h4-11,21H,12H2,1-3H3,(H,24,27). The lowest BCUT2D eigenvalue weighted by Crippen LogP contribution is -2.14. The molecule has 8 heteroatoms. The molecule has 0 bridgehead atoms. The molecule has 152 valence electrons. The first kappa shape index (κ1) is 20.3. The third-order valence-corrected chi connectivity index (χ3v) is 4.41. The number of nitrogens with one attached hydrogen (secondary N) is 1. The maximum atomic E-state index is 12.6. The van der Waals surface area contributed by atoms with E-state index in [9.17, 15) is 13.6 Å². The fraction of sp³-hybridized carbons (Fsp3) is 0.238. The molecule has 3 aromatic rings. The highest BCUT2D eigenvalue weighted by Gasteiger charge is 2.16. The van der Waals surface area contributed by atoms with Crippen molar-refractivity contribution in [1.29, 1.82) is 0 Å². The van der Waals surface area contributed by atoms with Gasteiger partial charge >= 0.3 is 6.61 Å². The Kier molecular flexibility index (Phi) is 6.11. The fourth-order valence-electron chi connectivity index (χ4n) is 2.97. The van der Waals surface area contributed by atoms with Gasteiger partial charge < -0.3 is 14.8 Å². The molecule has 0 atom stereocenters. The number of carbonyl (C=O) groups is 1. The average Bonchev–Trinajstić information content (AvgIpc) is 2.95. The molecule has 1 heterocycles. The van der Waals surface area contributed by atoms with Crippen LogP contribution in [0.15, 0.2) is 48.5 Å². The predicted octanol–water partition coefficient (Wildman–Crippen LogP) is 4.41. The van der Waals surface area contributed by atoms with Crippen LogP contribution in [-0.4, -0.2) is 29.4 Å². The summed E-state index contributed by atoms with van der Waals surface area (Å²) in [6.07, 6.45) is 0. The summed E-state index contributed by atoms with van der Waals surface area (Å²) >= 11 is 0. The largest absolute Gasteiger partial charge is 0.497 e. The van der Waals surface area contributed by atoms with Gasteiger partial charge in [-0.1, -0.05) is 18.2 Å². The van der Waals surface area contributed by atoms with Crippen LogP contribution in [0.25, 0.3) is 0 Å². The molecule has 0 unspecified atom stereocenters. The molecule has 0 saturated heterocycles. The molecule has 3 rings (SSSR count). The Morgan fingerprint density at radius 2 is 1.86 bits per heavy atom. The number of ether oxygens (including phenoxy) is 2. The van der Waals surface area contributed by atoms with Crippen LogP contribution in [0.4, 0.5) is 14.5 Å². The smallest absolute Gasteiger partial charge is 0.387 e. The zero-order valence-electron chi connectivity index (χ0n) is 16.3. The molecular formula is C21H21F2N3O3. The van der Waals surface area contributed by atoms with Crippen LogP contribution in [0, 0.1) is 13.8 Å². The first-order chi connectivity index (χ1) is 13.9. The topological polar surface area (TPSA) is 65.4 Å². The monoisotopic (exact) mass is 401 g/mol. The van der Waals surface area contributed by atoms with Gasteiger partial charge in [0.2, 0.25) is 0 Å². The molecule has 29 heavy (non-hydrogen) atoms. The second kappa shape index (κ2) is 8.72. The van der Waals surface area contributed by atoms with Gasteiger partial charge in [0.25, 0.3) is 5.91 Å². The maximum absolute atomic E-state index is 12.6. The Morgan fingerprint density at radius 1 is 1.14 bits per heavy atom. The summed E-state index contributed by atoms with van der Waals surface area (Å²) in [7, 11) is 1.61. The minimum absolute atomic E-state index is 0.0742. The highest BCUT2D eigenvalue weighted by Crippen LogP contribution is 2.23. The molecule has 0 aliphatic carbocycles. The van der Waals surface area contributed by atoms with Crippen molar-refractivity contribution < 1.29 is 23.0 Å². The number of hydrogen-bond donors (Lipinski definition) is 1. The highest BCUT2D eigenvalue weighted by atomic mass is 19.3. The second-order valence-corrected chi connectivity index (χ2v) is 6.42. The van der Waals surface area contributed by atoms with Gasteiger partial charge in [-0.15, -0.1) is 0 Å². The Balaban J connectivity index is 1.79. The molecule has 2 aromatic carbocycles. The Hall–Kier alpha value is -3.42. The summed E-state index contributed by atoms with van der Waals surface area (Å²) in [4.78, 5) is 12.6. The van der Waals surface area contributed by atoms with Gasteiger partial charge in [-0.05, 0) is 49.7 Å². The normalized spacial score (nSPS) is 10.8. The van der Waals surface area contributed by atoms with E-state index in [2.05, 4.69) is 15.2 Å². The van der Waals surface area contributed by atoms with E-state index in [0.29, 0.717) is 17.9 Å². The number of benzene rings is 2. The number of amides is 1. The van der Waals surface area contributed by atoms with E-state index >= 15 is 0 Å². The number of nitrogens with zero attached hydrogens (tertiary/aromatic N) is 2. The Morgan fingerprint density at radius 3 is 2.59 bits per heavy atom. The Labute approximate surface area is 167 Å². The molecular weight excluding hydrogens is 380 g/mol. The molecule has 0 spiro atoms. The van der Waals surface area contributed by atoms with Gasteiger partial charge in [0, 0.05) is 5.56 Å². The number of rotatable bonds is 7. The van der Waals surface area contributed by atoms with E-state index < -0.39 is 12.5 Å². The van der Waals surface area contributed by atoms with Gasteiger partial charge in [-0.25, -0.2) is 0 Å². The lowest BCUT2D eigenvalue weighted by molar-refractivity contribution is -0.0498. The van der Waals surface area contributed by atoms with Gasteiger partial charge in [-0.2, -0.15) is 13.9 Å². The summed E-state index contributed by atoms with van der Waals surface area (Å²) < 4.78 is 36.2. The molecule has 6 nitrogen and oxygen atoms in total. The third kappa shape index (κ3) is 4.90. The summed E-state index contributed by atoms with van der Waals surface area (Å²) in [5.74, 6) is 0.245. The van der Waals surface area contributed by atoms with Gasteiger partial charge in [-0.3, -0.25) is 9.48 Å². The first-order valence-electron chi connectivity index (χ1n) is 8.90. The molecule has 0 fully saturated rings. The van der Waals surface area contributed by atoms with Gasteiger partial charge in [0.05, 0.1) is 30.7 Å². The molecule has 0 saturated carbocycles. The summed E-state index contributed by atoms with van der Waals surface area (Å²) in [6, 6.07) is 13.3. The number of carbonyl (C=O) groups excluding carboxylic acids is 1. The number of hydrogen-bond acceptors (Lipinski definition) is 4. The molecule has 0 aliphatic rings. The minimum atomic E-state index is -2.95. The SMILES string of the molecule is COc1cccc(Cn2nc(C)c(NC(=O)c3cccc(OC(F)F)c3)c2C)c1. The van der Waals surface area contributed by atoms with Crippen molar-refractivity contribution in [3.8, 4) is 11.5 Å². The van der Waals surface area contributed by atoms with Crippen molar-refractivity contribution in [2.75, 3.05) is 12.4 Å². The van der Waals surface area contributed by atoms with E-state index in [0.717, 1.165) is 17.0 Å². The zero-order chi connectivity index (χ0) is 21.0. The Bertz CT molecular complexity index is 1020. The summed E-state index contributed by atoms with van der Waals surface area (Å²) in [5.41, 5.74) is 3.22. The number of methoxy groups -OCH3 is 1. The lowest BCUT2D eigenvalue weighted by atomic mass is 10.2. The number of halogens is 2. The molecule has 1 N–H and O–H groups in total. The van der Waals surface area contributed by atoms with E-state index in [1.807, 2.05) is 31.2 Å². The van der Waals surface area contributed by atoms with Gasteiger partial charge in [0.15, 0.2) is 0 Å². The number of aryl methyl sites for hydroxylation is 1. The van der Waals surface area contributed by atoms with Crippen LogP contribution in [0.1, 0.15) is 27.3 Å². The first-order valence-corrected chi connectivity index (χ1v) is 8.90. The molecule has 0 radical (unpaired) electrons. The van der Waals surface area contributed by atoms with Gasteiger partial charge in [0.1, 0.15) is 11.5 Å². The van der Waals surface area contributed by atoms with Crippen LogP contribution in [0.5, 0.6) is 11.5 Å². The van der Waals surface area contributed by atoms with Crippen molar-refractivity contribution in [2.24, 2.45) is 0 Å². The quantitative estimate of drug-likeness (QED) is 0.637.